The number of carbonyl (C=O) groups is 1. The fraction of sp³-hybridized carbons (Fsp3) is 0.158. The highest BCUT2D eigenvalue weighted by atomic mass is 32.2. The first-order valence-electron chi connectivity index (χ1n) is 7.71. The highest BCUT2D eigenvalue weighted by Gasteiger charge is 2.09. The van der Waals surface area contributed by atoms with Crippen LogP contribution in [0.3, 0.4) is 0 Å². The van der Waals surface area contributed by atoms with Crippen molar-refractivity contribution in [2.75, 3.05) is 11.1 Å². The fourth-order valence-corrected chi connectivity index (χ4v) is 3.11. The molecule has 122 valence electrons. The lowest BCUT2D eigenvalue weighted by Crippen LogP contribution is -2.14. The number of amides is 1. The zero-order chi connectivity index (χ0) is 16.9. The Morgan fingerprint density at radius 1 is 1.12 bits per heavy atom. The summed E-state index contributed by atoms with van der Waals surface area (Å²) in [6.45, 7) is 4.08. The molecule has 0 radical (unpaired) electrons. The van der Waals surface area contributed by atoms with Gasteiger partial charge in [-0.2, -0.15) is 0 Å². The summed E-state index contributed by atoms with van der Waals surface area (Å²) in [5.74, 6) is 0.277. The van der Waals surface area contributed by atoms with Gasteiger partial charge >= 0.3 is 0 Å². The molecule has 0 atom stereocenters. The van der Waals surface area contributed by atoms with E-state index >= 15 is 0 Å². The van der Waals surface area contributed by atoms with Gasteiger partial charge in [-0.15, -0.1) is 0 Å². The summed E-state index contributed by atoms with van der Waals surface area (Å²) in [5, 5.41) is 3.71. The number of hydrogen-bond acceptors (Lipinski definition) is 3. The van der Waals surface area contributed by atoms with Crippen LogP contribution < -0.4 is 5.32 Å². The quantitative estimate of drug-likeness (QED) is 0.709. The largest absolute Gasteiger partial charge is 0.325 e. The van der Waals surface area contributed by atoms with Crippen LogP contribution in [0, 0.1) is 13.8 Å². The van der Waals surface area contributed by atoms with Crippen LogP contribution in [0.25, 0.3) is 5.69 Å². The highest BCUT2D eigenvalue weighted by Crippen LogP contribution is 2.21. The molecule has 2 aromatic carbocycles. The molecular formula is C19H19N3OS. The monoisotopic (exact) mass is 337 g/mol. The number of imidazole rings is 1. The second-order valence-electron chi connectivity index (χ2n) is 5.62. The normalized spacial score (nSPS) is 10.6. The molecule has 0 saturated heterocycles. The number of nitrogens with one attached hydrogen (secondary N) is 1. The third-order valence-corrected chi connectivity index (χ3v) is 4.52. The predicted molar refractivity (Wildman–Crippen MR) is 98.8 cm³/mol. The van der Waals surface area contributed by atoms with Crippen LogP contribution in [0.4, 0.5) is 5.69 Å². The topological polar surface area (TPSA) is 46.9 Å². The van der Waals surface area contributed by atoms with E-state index in [1.807, 2.05) is 54.1 Å². The number of carbonyl (C=O) groups excluding carboxylic acids is 1. The molecule has 0 bridgehead atoms. The minimum Gasteiger partial charge on any atom is -0.325 e. The van der Waals surface area contributed by atoms with E-state index in [4.69, 9.17) is 0 Å². The molecule has 1 aromatic heterocycles. The summed E-state index contributed by atoms with van der Waals surface area (Å²) in [7, 11) is 0. The summed E-state index contributed by atoms with van der Waals surface area (Å²) in [5.41, 5.74) is 4.22. The van der Waals surface area contributed by atoms with Gasteiger partial charge in [-0.05, 0) is 43.7 Å². The van der Waals surface area contributed by atoms with Crippen LogP contribution in [-0.2, 0) is 4.79 Å². The van der Waals surface area contributed by atoms with Crippen LogP contribution in [0.1, 0.15) is 11.1 Å². The highest BCUT2D eigenvalue weighted by molar-refractivity contribution is 7.99. The lowest BCUT2D eigenvalue weighted by atomic mass is 10.2. The molecule has 1 N–H and O–H groups in total. The van der Waals surface area contributed by atoms with Gasteiger partial charge in [-0.25, -0.2) is 4.98 Å². The standard InChI is InChI=1S/C19H19N3OS/c1-14-6-8-16(9-7-14)21-18(23)13-24-19-20-10-11-22(19)17-5-3-4-15(2)12-17/h3-12H,13H2,1-2H3,(H,21,23). The third-order valence-electron chi connectivity index (χ3n) is 3.55. The van der Waals surface area contributed by atoms with Gasteiger partial charge in [0.1, 0.15) is 0 Å². The molecule has 1 heterocycles. The number of rotatable bonds is 5. The molecule has 5 heteroatoms. The Balaban J connectivity index is 1.64. The van der Waals surface area contributed by atoms with Crippen molar-refractivity contribution >= 4 is 23.4 Å². The van der Waals surface area contributed by atoms with E-state index in [9.17, 15) is 4.79 Å². The Morgan fingerprint density at radius 3 is 2.67 bits per heavy atom. The van der Waals surface area contributed by atoms with Crippen molar-refractivity contribution in [3.8, 4) is 5.69 Å². The summed E-state index contributed by atoms with van der Waals surface area (Å²) in [4.78, 5) is 16.5. The Morgan fingerprint density at radius 2 is 1.92 bits per heavy atom. The van der Waals surface area contributed by atoms with E-state index < -0.39 is 0 Å². The average Bonchev–Trinajstić information content (AvgIpc) is 3.04. The molecule has 0 aliphatic heterocycles. The fourth-order valence-electron chi connectivity index (χ4n) is 2.33. The second kappa shape index (κ2) is 7.36. The van der Waals surface area contributed by atoms with Crippen LogP contribution in [0.5, 0.6) is 0 Å². The number of benzene rings is 2. The molecule has 0 fully saturated rings. The number of nitrogens with zero attached hydrogens (tertiary/aromatic N) is 2. The van der Waals surface area contributed by atoms with E-state index in [2.05, 4.69) is 29.4 Å². The number of thioether (sulfide) groups is 1. The zero-order valence-electron chi connectivity index (χ0n) is 13.7. The van der Waals surface area contributed by atoms with Crippen molar-refractivity contribution in [1.29, 1.82) is 0 Å². The van der Waals surface area contributed by atoms with Crippen molar-refractivity contribution < 1.29 is 4.79 Å². The minimum absolute atomic E-state index is 0.0392. The summed E-state index contributed by atoms with van der Waals surface area (Å²) >= 11 is 1.42. The smallest absolute Gasteiger partial charge is 0.234 e. The molecule has 4 nitrogen and oxygen atoms in total. The lowest BCUT2D eigenvalue weighted by Gasteiger charge is -2.09. The molecule has 0 aliphatic rings. The molecule has 0 unspecified atom stereocenters. The van der Waals surface area contributed by atoms with Crippen molar-refractivity contribution in [3.05, 3.63) is 72.1 Å². The van der Waals surface area contributed by atoms with Crippen LogP contribution in [-0.4, -0.2) is 21.2 Å². The van der Waals surface area contributed by atoms with Crippen LogP contribution in [0.2, 0.25) is 0 Å². The Labute approximate surface area is 145 Å². The van der Waals surface area contributed by atoms with E-state index in [-0.39, 0.29) is 5.91 Å². The van der Waals surface area contributed by atoms with Crippen molar-refractivity contribution in [3.63, 3.8) is 0 Å². The SMILES string of the molecule is Cc1ccc(NC(=O)CSc2nccn2-c2cccc(C)c2)cc1. The number of anilines is 1. The van der Waals surface area contributed by atoms with Gasteiger partial charge in [0.25, 0.3) is 0 Å². The molecule has 24 heavy (non-hydrogen) atoms. The van der Waals surface area contributed by atoms with Gasteiger partial charge in [0.05, 0.1) is 5.75 Å². The maximum atomic E-state index is 12.1. The summed E-state index contributed by atoms with van der Waals surface area (Å²) in [6.07, 6.45) is 3.66. The Bertz CT molecular complexity index is 840. The number of hydrogen-bond donors (Lipinski definition) is 1. The van der Waals surface area contributed by atoms with E-state index in [0.29, 0.717) is 5.75 Å². The van der Waals surface area contributed by atoms with Crippen molar-refractivity contribution in [2.45, 2.75) is 19.0 Å². The van der Waals surface area contributed by atoms with Gasteiger partial charge in [-0.3, -0.25) is 9.36 Å². The summed E-state index contributed by atoms with van der Waals surface area (Å²) in [6, 6.07) is 16.0. The van der Waals surface area contributed by atoms with Gasteiger partial charge in [0.2, 0.25) is 5.91 Å². The number of aromatic nitrogens is 2. The van der Waals surface area contributed by atoms with E-state index in [0.717, 1.165) is 16.5 Å². The van der Waals surface area contributed by atoms with Crippen LogP contribution >= 0.6 is 11.8 Å². The molecule has 0 spiro atoms. The molecule has 0 aliphatic carbocycles. The lowest BCUT2D eigenvalue weighted by molar-refractivity contribution is -0.113. The third kappa shape index (κ3) is 4.06. The second-order valence-corrected chi connectivity index (χ2v) is 6.56. The predicted octanol–water partition coefficient (Wildman–Crippen LogP) is 4.22. The summed E-state index contributed by atoms with van der Waals surface area (Å²) < 4.78 is 2.00. The Kier molecular flexibility index (Phi) is 5.01. The van der Waals surface area contributed by atoms with Crippen LogP contribution in [0.15, 0.2) is 66.1 Å². The van der Waals surface area contributed by atoms with Gasteiger partial charge in [-0.1, -0.05) is 41.6 Å². The number of aryl methyl sites for hydroxylation is 2. The maximum Gasteiger partial charge on any atom is 0.234 e. The van der Waals surface area contributed by atoms with Gasteiger partial charge < -0.3 is 5.32 Å². The molecular weight excluding hydrogens is 318 g/mol. The zero-order valence-corrected chi connectivity index (χ0v) is 14.5. The first-order valence-corrected chi connectivity index (χ1v) is 8.70. The molecule has 3 aromatic rings. The molecule has 1 amide bonds. The average molecular weight is 337 g/mol. The minimum atomic E-state index is -0.0392. The molecule has 3 rings (SSSR count). The first kappa shape index (κ1) is 16.3. The van der Waals surface area contributed by atoms with Crippen molar-refractivity contribution in [1.82, 2.24) is 9.55 Å². The van der Waals surface area contributed by atoms with Crippen molar-refractivity contribution in [2.24, 2.45) is 0 Å². The molecule has 0 saturated carbocycles. The maximum absolute atomic E-state index is 12.1. The Hall–Kier alpha value is -2.53. The first-order chi connectivity index (χ1) is 11.6. The van der Waals surface area contributed by atoms with Gasteiger partial charge in [0, 0.05) is 23.8 Å². The van der Waals surface area contributed by atoms with Gasteiger partial charge in [0.15, 0.2) is 5.16 Å². The van der Waals surface area contributed by atoms with E-state index in [1.165, 1.54) is 22.9 Å². The van der Waals surface area contributed by atoms with E-state index in [1.54, 1.807) is 6.20 Å².